The van der Waals surface area contributed by atoms with Gasteiger partial charge in [0.15, 0.2) is 5.16 Å². The number of thioether (sulfide) groups is 1. The number of carbonyl (C=O) groups excluding carboxylic acids is 1. The molecular formula is C27H24F3N3O3S. The number of hydrogen-bond acceptors (Lipinski definition) is 5. The number of carbonyl (C=O) groups is 1. The van der Waals surface area contributed by atoms with Gasteiger partial charge in [0.25, 0.3) is 5.91 Å². The van der Waals surface area contributed by atoms with Crippen LogP contribution in [0.4, 0.5) is 13.2 Å². The number of nitrogens with zero attached hydrogens (tertiary/aromatic N) is 1. The third kappa shape index (κ3) is 6.45. The van der Waals surface area contributed by atoms with Gasteiger partial charge in [-0.15, -0.1) is 0 Å². The van der Waals surface area contributed by atoms with E-state index in [0.29, 0.717) is 17.5 Å². The Hall–Kier alpha value is -3.92. The van der Waals surface area contributed by atoms with Gasteiger partial charge in [-0.2, -0.15) is 13.2 Å². The maximum Gasteiger partial charge on any atom is 0.416 e. The van der Waals surface area contributed by atoms with Crippen molar-refractivity contribution in [3.05, 3.63) is 83.9 Å². The predicted octanol–water partition coefficient (Wildman–Crippen LogP) is 6.30. The van der Waals surface area contributed by atoms with Gasteiger partial charge in [0.2, 0.25) is 0 Å². The van der Waals surface area contributed by atoms with Crippen LogP contribution >= 0.6 is 11.8 Å². The fraction of sp³-hybridized carbons (Fsp3) is 0.185. The fourth-order valence-electron chi connectivity index (χ4n) is 3.57. The normalized spacial score (nSPS) is 11.3. The molecule has 4 aromatic rings. The van der Waals surface area contributed by atoms with Crippen molar-refractivity contribution in [2.75, 3.05) is 26.5 Å². The van der Waals surface area contributed by atoms with Gasteiger partial charge >= 0.3 is 6.18 Å². The molecule has 0 radical (unpaired) electrons. The minimum Gasteiger partial charge on any atom is -0.497 e. The van der Waals surface area contributed by atoms with Crippen molar-refractivity contribution in [1.29, 1.82) is 0 Å². The number of alkyl halides is 3. The van der Waals surface area contributed by atoms with Crippen LogP contribution in [0.15, 0.2) is 78.0 Å². The topological polar surface area (TPSA) is 76.2 Å². The number of aromatic amines is 1. The molecule has 0 saturated carbocycles. The molecule has 4 rings (SSSR count). The van der Waals surface area contributed by atoms with Crippen molar-refractivity contribution in [2.45, 2.75) is 11.3 Å². The zero-order chi connectivity index (χ0) is 26.4. The average Bonchev–Trinajstić information content (AvgIpc) is 3.35. The van der Waals surface area contributed by atoms with Crippen LogP contribution in [0.1, 0.15) is 15.9 Å². The van der Waals surface area contributed by atoms with Crippen LogP contribution in [-0.2, 0) is 6.18 Å². The number of benzene rings is 3. The number of amides is 1. The molecule has 0 aliphatic rings. The molecule has 0 aliphatic carbocycles. The molecule has 1 aromatic heterocycles. The summed E-state index contributed by atoms with van der Waals surface area (Å²) in [7, 11) is 3.22. The van der Waals surface area contributed by atoms with Crippen molar-refractivity contribution < 1.29 is 27.4 Å². The van der Waals surface area contributed by atoms with Gasteiger partial charge < -0.3 is 19.8 Å². The van der Waals surface area contributed by atoms with E-state index in [4.69, 9.17) is 14.5 Å². The summed E-state index contributed by atoms with van der Waals surface area (Å²) >= 11 is 1.42. The lowest BCUT2D eigenvalue weighted by Gasteiger charge is -2.08. The maximum absolute atomic E-state index is 12.7. The van der Waals surface area contributed by atoms with E-state index in [-0.39, 0.29) is 5.56 Å². The largest absolute Gasteiger partial charge is 0.497 e. The van der Waals surface area contributed by atoms with E-state index >= 15 is 0 Å². The SMILES string of the molecule is COc1ccc(-c2nc(SCCNC(=O)c3ccc(C(F)(F)F)cc3)[nH]c2-c2ccc(OC)cc2)cc1. The van der Waals surface area contributed by atoms with Crippen LogP contribution in [0, 0.1) is 0 Å². The maximum atomic E-state index is 12.7. The zero-order valence-corrected chi connectivity index (χ0v) is 20.9. The van der Waals surface area contributed by atoms with Crippen molar-refractivity contribution >= 4 is 17.7 Å². The molecular weight excluding hydrogens is 503 g/mol. The quantitative estimate of drug-likeness (QED) is 0.197. The van der Waals surface area contributed by atoms with Crippen molar-refractivity contribution in [2.24, 2.45) is 0 Å². The number of imidazole rings is 1. The predicted molar refractivity (Wildman–Crippen MR) is 137 cm³/mol. The lowest BCUT2D eigenvalue weighted by Crippen LogP contribution is -2.25. The van der Waals surface area contributed by atoms with E-state index in [0.717, 1.165) is 46.1 Å². The summed E-state index contributed by atoms with van der Waals surface area (Å²) in [6, 6.07) is 19.4. The Bertz CT molecular complexity index is 1270. The molecule has 0 bridgehead atoms. The van der Waals surface area contributed by atoms with Crippen LogP contribution in [0.3, 0.4) is 0 Å². The van der Waals surface area contributed by atoms with Crippen LogP contribution in [0.2, 0.25) is 0 Å². The van der Waals surface area contributed by atoms with Gasteiger partial charge in [0.05, 0.1) is 31.2 Å². The number of halogens is 3. The molecule has 0 fully saturated rings. The zero-order valence-electron chi connectivity index (χ0n) is 20.1. The molecule has 0 aliphatic heterocycles. The second-order valence-electron chi connectivity index (χ2n) is 7.90. The van der Waals surface area contributed by atoms with Gasteiger partial charge in [-0.05, 0) is 72.8 Å². The van der Waals surface area contributed by atoms with E-state index in [1.807, 2.05) is 48.5 Å². The summed E-state index contributed by atoms with van der Waals surface area (Å²) < 4.78 is 48.7. The number of rotatable bonds is 9. The van der Waals surface area contributed by atoms with Gasteiger partial charge in [-0.3, -0.25) is 4.79 Å². The van der Waals surface area contributed by atoms with E-state index in [1.165, 1.54) is 23.9 Å². The monoisotopic (exact) mass is 527 g/mol. The van der Waals surface area contributed by atoms with E-state index in [2.05, 4.69) is 10.3 Å². The lowest BCUT2D eigenvalue weighted by molar-refractivity contribution is -0.137. The van der Waals surface area contributed by atoms with Crippen LogP contribution < -0.4 is 14.8 Å². The Balaban J connectivity index is 1.44. The number of ether oxygens (including phenoxy) is 2. The second kappa shape index (κ2) is 11.4. The Morgan fingerprint density at radius 1 is 0.892 bits per heavy atom. The highest BCUT2D eigenvalue weighted by Crippen LogP contribution is 2.34. The Morgan fingerprint density at radius 2 is 1.46 bits per heavy atom. The number of methoxy groups -OCH3 is 2. The third-order valence-corrected chi connectivity index (χ3v) is 6.40. The summed E-state index contributed by atoms with van der Waals surface area (Å²) in [6.07, 6.45) is -4.44. The Labute approximate surface area is 216 Å². The van der Waals surface area contributed by atoms with Gasteiger partial charge in [-0.1, -0.05) is 11.8 Å². The van der Waals surface area contributed by atoms with Gasteiger partial charge in [0, 0.05) is 29.0 Å². The molecule has 1 amide bonds. The molecule has 2 N–H and O–H groups in total. The lowest BCUT2D eigenvalue weighted by atomic mass is 10.0. The first-order valence-corrected chi connectivity index (χ1v) is 12.2. The molecule has 0 unspecified atom stereocenters. The summed E-state index contributed by atoms with van der Waals surface area (Å²) in [4.78, 5) is 20.4. The summed E-state index contributed by atoms with van der Waals surface area (Å²) in [5, 5.41) is 3.39. The summed E-state index contributed by atoms with van der Waals surface area (Å²) in [5.41, 5.74) is 2.82. The van der Waals surface area contributed by atoms with Crippen molar-refractivity contribution in [1.82, 2.24) is 15.3 Å². The number of aromatic nitrogens is 2. The molecule has 0 saturated heterocycles. The molecule has 3 aromatic carbocycles. The molecule has 1 heterocycles. The van der Waals surface area contributed by atoms with Crippen LogP contribution in [0.25, 0.3) is 22.5 Å². The Kier molecular flexibility index (Phi) is 8.08. The first-order chi connectivity index (χ1) is 17.8. The Morgan fingerprint density at radius 3 is 2.00 bits per heavy atom. The van der Waals surface area contributed by atoms with Crippen LogP contribution in [-0.4, -0.2) is 42.4 Å². The molecule has 37 heavy (non-hydrogen) atoms. The van der Waals surface area contributed by atoms with E-state index < -0.39 is 17.6 Å². The first kappa shape index (κ1) is 26.2. The summed E-state index contributed by atoms with van der Waals surface area (Å²) in [6.45, 7) is 0.307. The van der Waals surface area contributed by atoms with Crippen molar-refractivity contribution in [3.63, 3.8) is 0 Å². The smallest absolute Gasteiger partial charge is 0.416 e. The standard InChI is InChI=1S/C27H24F3N3O3S/c1-35-21-11-5-17(6-12-21)23-24(18-7-13-22(36-2)14-8-18)33-26(32-23)37-16-15-31-25(34)19-3-9-20(10-4-19)27(28,29)30/h3-14H,15-16H2,1-2H3,(H,31,34)(H,32,33). The van der Waals surface area contributed by atoms with Gasteiger partial charge in [0.1, 0.15) is 11.5 Å². The van der Waals surface area contributed by atoms with E-state index in [1.54, 1.807) is 14.2 Å². The van der Waals surface area contributed by atoms with Crippen molar-refractivity contribution in [3.8, 4) is 34.0 Å². The molecule has 10 heteroatoms. The minimum absolute atomic E-state index is 0.166. The number of hydrogen-bond donors (Lipinski definition) is 2. The minimum atomic E-state index is -4.44. The van der Waals surface area contributed by atoms with E-state index in [9.17, 15) is 18.0 Å². The first-order valence-electron chi connectivity index (χ1n) is 11.3. The average molecular weight is 528 g/mol. The molecule has 192 valence electrons. The number of nitrogens with one attached hydrogen (secondary N) is 2. The molecule has 6 nitrogen and oxygen atoms in total. The molecule has 0 atom stereocenters. The van der Waals surface area contributed by atoms with Crippen LogP contribution in [0.5, 0.6) is 11.5 Å². The number of H-pyrrole nitrogens is 1. The summed E-state index contributed by atoms with van der Waals surface area (Å²) in [5.74, 6) is 1.55. The van der Waals surface area contributed by atoms with Gasteiger partial charge in [-0.25, -0.2) is 4.98 Å². The molecule has 0 spiro atoms. The second-order valence-corrected chi connectivity index (χ2v) is 8.99. The highest BCUT2D eigenvalue weighted by molar-refractivity contribution is 7.99. The highest BCUT2D eigenvalue weighted by Gasteiger charge is 2.30. The highest BCUT2D eigenvalue weighted by atomic mass is 32.2. The fourth-order valence-corrected chi connectivity index (χ4v) is 4.30. The third-order valence-electron chi connectivity index (χ3n) is 5.53.